The van der Waals surface area contributed by atoms with Gasteiger partial charge in [0.25, 0.3) is 5.91 Å². The van der Waals surface area contributed by atoms with Crippen molar-refractivity contribution in [2.45, 2.75) is 12.5 Å². The Bertz CT molecular complexity index is 877. The molecule has 2 aliphatic rings. The molecule has 1 aromatic carbocycles. The van der Waals surface area contributed by atoms with Crippen molar-refractivity contribution in [2.75, 3.05) is 57.7 Å². The molecule has 1 N–H and O–H groups in total. The van der Waals surface area contributed by atoms with Crippen LogP contribution in [0.4, 0.5) is 10.1 Å². The molecule has 31 heavy (non-hydrogen) atoms. The van der Waals surface area contributed by atoms with Gasteiger partial charge in [-0.05, 0) is 61.6 Å². The summed E-state index contributed by atoms with van der Waals surface area (Å²) in [5.41, 5.74) is 0.767. The number of amides is 1. The molecule has 1 unspecified atom stereocenters. The lowest BCUT2D eigenvalue weighted by Crippen LogP contribution is -2.51. The molecule has 0 spiro atoms. The van der Waals surface area contributed by atoms with E-state index < -0.39 is 0 Å². The summed E-state index contributed by atoms with van der Waals surface area (Å²) in [6.07, 6.45) is 2.47. The van der Waals surface area contributed by atoms with Crippen LogP contribution in [0.1, 0.15) is 17.0 Å². The third kappa shape index (κ3) is 5.81. The van der Waals surface area contributed by atoms with Gasteiger partial charge in [-0.3, -0.25) is 9.69 Å². The van der Waals surface area contributed by atoms with E-state index >= 15 is 0 Å². The summed E-state index contributed by atoms with van der Waals surface area (Å²) in [5, 5.41) is 3.79. The van der Waals surface area contributed by atoms with E-state index in [0.29, 0.717) is 30.6 Å². The van der Waals surface area contributed by atoms with Crippen molar-refractivity contribution in [3.63, 3.8) is 0 Å². The molecule has 2 aliphatic heterocycles. The number of furan rings is 1. The molecule has 2 saturated heterocycles. The predicted octanol–water partition coefficient (Wildman–Crippen LogP) is 2.66. The lowest BCUT2D eigenvalue weighted by molar-refractivity contribution is -0.0224. The summed E-state index contributed by atoms with van der Waals surface area (Å²) in [6, 6.07) is 9.61. The van der Waals surface area contributed by atoms with Crippen molar-refractivity contribution in [1.82, 2.24) is 14.7 Å². The minimum atomic E-state index is -0.273. The van der Waals surface area contributed by atoms with Gasteiger partial charge >= 0.3 is 0 Å². The standard InChI is InChI=1S/C22H27FN4O3S/c23-17-4-6-18(7-5-17)24-22(31)27-12-14-29-19(16-27)15-25-8-2-9-26(11-10-25)21(28)20-3-1-13-30-20/h1,3-7,13,19H,2,8-12,14-16H2,(H,24,31). The first kappa shape index (κ1) is 21.7. The summed E-state index contributed by atoms with van der Waals surface area (Å²) >= 11 is 5.55. The highest BCUT2D eigenvalue weighted by atomic mass is 32.1. The van der Waals surface area contributed by atoms with Crippen LogP contribution in [0.2, 0.25) is 0 Å². The highest BCUT2D eigenvalue weighted by Crippen LogP contribution is 2.15. The van der Waals surface area contributed by atoms with Gasteiger partial charge in [-0.2, -0.15) is 0 Å². The molecule has 1 atom stereocenters. The minimum Gasteiger partial charge on any atom is -0.459 e. The van der Waals surface area contributed by atoms with Gasteiger partial charge in [0.15, 0.2) is 10.9 Å². The maximum absolute atomic E-state index is 13.1. The molecular formula is C22H27FN4O3S. The van der Waals surface area contributed by atoms with Gasteiger partial charge in [0.1, 0.15) is 5.82 Å². The molecule has 0 bridgehead atoms. The Hall–Kier alpha value is -2.49. The van der Waals surface area contributed by atoms with Crippen LogP contribution < -0.4 is 5.32 Å². The van der Waals surface area contributed by atoms with Crippen molar-refractivity contribution < 1.29 is 18.3 Å². The number of nitrogens with one attached hydrogen (secondary N) is 1. The smallest absolute Gasteiger partial charge is 0.289 e. The van der Waals surface area contributed by atoms with Gasteiger partial charge in [0, 0.05) is 45.0 Å². The monoisotopic (exact) mass is 446 g/mol. The number of morpholine rings is 1. The average Bonchev–Trinajstić information content (AvgIpc) is 3.22. The Morgan fingerprint density at radius 3 is 2.71 bits per heavy atom. The summed E-state index contributed by atoms with van der Waals surface area (Å²) in [7, 11) is 0. The third-order valence-corrected chi connectivity index (χ3v) is 5.95. The van der Waals surface area contributed by atoms with Crippen LogP contribution in [-0.2, 0) is 4.74 Å². The van der Waals surface area contributed by atoms with Gasteiger partial charge in [-0.1, -0.05) is 0 Å². The Labute approximate surface area is 186 Å². The van der Waals surface area contributed by atoms with E-state index in [1.54, 1.807) is 24.3 Å². The Morgan fingerprint density at radius 2 is 1.94 bits per heavy atom. The first-order chi connectivity index (χ1) is 15.1. The second-order valence-electron chi connectivity index (χ2n) is 7.80. The number of hydrogen-bond donors (Lipinski definition) is 1. The Kier molecular flexibility index (Phi) is 7.16. The fourth-order valence-corrected chi connectivity index (χ4v) is 4.23. The minimum absolute atomic E-state index is 0.0362. The molecule has 1 aromatic heterocycles. The van der Waals surface area contributed by atoms with Crippen LogP contribution in [-0.4, -0.2) is 84.2 Å². The lowest BCUT2D eigenvalue weighted by atomic mass is 10.2. The van der Waals surface area contributed by atoms with Crippen molar-refractivity contribution in [1.29, 1.82) is 0 Å². The largest absolute Gasteiger partial charge is 0.459 e. The molecule has 4 rings (SSSR count). The summed E-state index contributed by atoms with van der Waals surface area (Å²) in [4.78, 5) is 18.8. The molecule has 0 aliphatic carbocycles. The maximum Gasteiger partial charge on any atom is 0.289 e. The number of carbonyl (C=O) groups excluding carboxylic acids is 1. The number of carbonyl (C=O) groups is 1. The zero-order valence-electron chi connectivity index (χ0n) is 17.3. The average molecular weight is 447 g/mol. The van der Waals surface area contributed by atoms with Crippen molar-refractivity contribution in [2.24, 2.45) is 0 Å². The van der Waals surface area contributed by atoms with Crippen LogP contribution in [0.15, 0.2) is 47.1 Å². The van der Waals surface area contributed by atoms with E-state index in [0.717, 1.165) is 44.8 Å². The van der Waals surface area contributed by atoms with Gasteiger partial charge in [-0.15, -0.1) is 0 Å². The van der Waals surface area contributed by atoms with Crippen LogP contribution in [0.3, 0.4) is 0 Å². The third-order valence-electron chi connectivity index (χ3n) is 5.59. The van der Waals surface area contributed by atoms with Crippen LogP contribution in [0, 0.1) is 5.82 Å². The number of hydrogen-bond acceptors (Lipinski definition) is 5. The van der Waals surface area contributed by atoms with Gasteiger partial charge < -0.3 is 24.3 Å². The predicted molar refractivity (Wildman–Crippen MR) is 120 cm³/mol. The van der Waals surface area contributed by atoms with E-state index in [9.17, 15) is 9.18 Å². The molecule has 9 heteroatoms. The zero-order valence-corrected chi connectivity index (χ0v) is 18.2. The molecule has 7 nitrogen and oxygen atoms in total. The van der Waals surface area contributed by atoms with Crippen molar-refractivity contribution in [3.05, 3.63) is 54.2 Å². The van der Waals surface area contributed by atoms with Crippen LogP contribution >= 0.6 is 12.2 Å². The first-order valence-corrected chi connectivity index (χ1v) is 11.0. The number of anilines is 1. The zero-order chi connectivity index (χ0) is 21.6. The van der Waals surface area contributed by atoms with Crippen LogP contribution in [0.25, 0.3) is 0 Å². The normalized spacial score (nSPS) is 20.4. The van der Waals surface area contributed by atoms with E-state index in [1.165, 1.54) is 18.4 Å². The lowest BCUT2D eigenvalue weighted by Gasteiger charge is -2.36. The topological polar surface area (TPSA) is 61.2 Å². The number of benzene rings is 1. The van der Waals surface area contributed by atoms with Gasteiger partial charge in [0.05, 0.1) is 19.0 Å². The molecule has 2 aromatic rings. The van der Waals surface area contributed by atoms with Gasteiger partial charge in [0.2, 0.25) is 0 Å². The number of ether oxygens (including phenoxy) is 1. The first-order valence-electron chi connectivity index (χ1n) is 10.6. The fourth-order valence-electron chi connectivity index (χ4n) is 3.95. The molecule has 0 radical (unpaired) electrons. The second-order valence-corrected chi connectivity index (χ2v) is 8.19. The molecule has 166 valence electrons. The molecule has 0 saturated carbocycles. The Morgan fingerprint density at radius 1 is 1.10 bits per heavy atom. The van der Waals surface area contributed by atoms with Crippen LogP contribution in [0.5, 0.6) is 0 Å². The molecule has 2 fully saturated rings. The number of rotatable bonds is 4. The maximum atomic E-state index is 13.1. The second kappa shape index (κ2) is 10.2. The molecular weight excluding hydrogens is 419 g/mol. The highest BCUT2D eigenvalue weighted by Gasteiger charge is 2.27. The number of halogens is 1. The van der Waals surface area contributed by atoms with Crippen molar-refractivity contribution in [3.8, 4) is 0 Å². The SMILES string of the molecule is O=C(c1ccco1)N1CCCN(CC2CN(C(=S)Nc3ccc(F)cc3)CCO2)CC1. The fraction of sp³-hybridized carbons (Fsp3) is 0.455. The summed E-state index contributed by atoms with van der Waals surface area (Å²) in [6.45, 7) is 5.91. The number of nitrogens with zero attached hydrogens (tertiary/aromatic N) is 3. The molecule has 1 amide bonds. The summed E-state index contributed by atoms with van der Waals surface area (Å²) in [5.74, 6) is 0.0656. The van der Waals surface area contributed by atoms with Gasteiger partial charge in [-0.25, -0.2) is 4.39 Å². The quantitative estimate of drug-likeness (QED) is 0.725. The van der Waals surface area contributed by atoms with E-state index in [-0.39, 0.29) is 17.8 Å². The van der Waals surface area contributed by atoms with E-state index in [1.807, 2.05) is 4.90 Å². The molecule has 3 heterocycles. The van der Waals surface area contributed by atoms with Crippen molar-refractivity contribution >= 4 is 28.9 Å². The van der Waals surface area contributed by atoms with E-state index in [4.69, 9.17) is 21.4 Å². The number of thiocarbonyl (C=S) groups is 1. The van der Waals surface area contributed by atoms with E-state index in [2.05, 4.69) is 15.1 Å². The Balaban J connectivity index is 1.26. The summed E-state index contributed by atoms with van der Waals surface area (Å²) < 4.78 is 24.3. The highest BCUT2D eigenvalue weighted by molar-refractivity contribution is 7.80.